The second kappa shape index (κ2) is 7.09. The summed E-state index contributed by atoms with van der Waals surface area (Å²) in [6, 6.07) is 19.9. The molecule has 0 aliphatic heterocycles. The van der Waals surface area contributed by atoms with Gasteiger partial charge in [-0.2, -0.15) is 5.10 Å². The number of phenolic OH excluding ortho intramolecular Hbond substituents is 2. The van der Waals surface area contributed by atoms with Crippen molar-refractivity contribution in [3.63, 3.8) is 0 Å². The van der Waals surface area contributed by atoms with Gasteiger partial charge in [0.05, 0.1) is 11.4 Å². The lowest BCUT2D eigenvalue weighted by Crippen LogP contribution is -2.07. The number of anilines is 1. The molecule has 0 saturated heterocycles. The van der Waals surface area contributed by atoms with Crippen molar-refractivity contribution < 1.29 is 10.2 Å². The minimum absolute atomic E-state index is 0.205. The first kappa shape index (κ1) is 16.6. The highest BCUT2D eigenvalue weighted by molar-refractivity contribution is 6.13. The summed E-state index contributed by atoms with van der Waals surface area (Å²) in [5, 5.41) is 23.6. The fourth-order valence-electron chi connectivity index (χ4n) is 2.59. The van der Waals surface area contributed by atoms with Crippen molar-refractivity contribution in [2.24, 2.45) is 5.10 Å². The number of nitrogens with zero attached hydrogens (tertiary/aromatic N) is 1. The number of nitrogens with one attached hydrogen (secondary N) is 1. The van der Waals surface area contributed by atoms with Crippen LogP contribution in [-0.2, 0) is 0 Å². The molecule has 0 fully saturated rings. The Kier molecular flexibility index (Phi) is 4.70. The first-order valence-corrected chi connectivity index (χ1v) is 8.03. The predicted octanol–water partition coefficient (Wildman–Crippen LogP) is 4.58. The lowest BCUT2D eigenvalue weighted by molar-refractivity contribution is 0.475. The second-order valence-corrected chi connectivity index (χ2v) is 5.98. The van der Waals surface area contributed by atoms with Gasteiger partial charge in [-0.3, -0.25) is 5.43 Å². The molecule has 4 heteroatoms. The summed E-state index contributed by atoms with van der Waals surface area (Å²) < 4.78 is 0. The largest absolute Gasteiger partial charge is 0.508 e. The standard InChI is InChI=1S/C21H20N2O2/c1-14-3-12-20(15(2)13-14)22-23-21(16-4-8-18(24)9-5-16)17-6-10-19(25)11-7-17/h3-13,22,24-25H,1-2H3. The number of rotatable bonds is 4. The molecule has 0 radical (unpaired) electrons. The van der Waals surface area contributed by atoms with Gasteiger partial charge in [0.1, 0.15) is 11.5 Å². The Hall–Kier alpha value is -3.27. The van der Waals surface area contributed by atoms with Gasteiger partial charge in [0.15, 0.2) is 0 Å². The minimum Gasteiger partial charge on any atom is -0.508 e. The van der Waals surface area contributed by atoms with Crippen molar-refractivity contribution in [2.45, 2.75) is 13.8 Å². The molecule has 126 valence electrons. The van der Waals surface area contributed by atoms with E-state index in [9.17, 15) is 10.2 Å². The van der Waals surface area contributed by atoms with Crippen LogP contribution < -0.4 is 5.43 Å². The number of hydrogen-bond acceptors (Lipinski definition) is 4. The molecular formula is C21H20N2O2. The van der Waals surface area contributed by atoms with Gasteiger partial charge in [-0.1, -0.05) is 17.7 Å². The van der Waals surface area contributed by atoms with Crippen LogP contribution in [0, 0.1) is 13.8 Å². The van der Waals surface area contributed by atoms with Gasteiger partial charge in [-0.15, -0.1) is 0 Å². The maximum Gasteiger partial charge on any atom is 0.115 e. The molecule has 0 heterocycles. The van der Waals surface area contributed by atoms with E-state index < -0.39 is 0 Å². The van der Waals surface area contributed by atoms with Crippen LogP contribution in [0.5, 0.6) is 11.5 Å². The number of aryl methyl sites for hydroxylation is 2. The lowest BCUT2D eigenvalue weighted by atomic mass is 10.0. The van der Waals surface area contributed by atoms with Crippen LogP contribution in [0.25, 0.3) is 0 Å². The topological polar surface area (TPSA) is 64.9 Å². The summed E-state index contributed by atoms with van der Waals surface area (Å²) in [7, 11) is 0. The van der Waals surface area contributed by atoms with E-state index in [-0.39, 0.29) is 11.5 Å². The molecule has 0 unspecified atom stereocenters. The first-order valence-electron chi connectivity index (χ1n) is 8.03. The molecular weight excluding hydrogens is 312 g/mol. The molecule has 0 atom stereocenters. The number of hydrogen-bond donors (Lipinski definition) is 3. The Morgan fingerprint density at radius 1 is 0.760 bits per heavy atom. The van der Waals surface area contributed by atoms with Gasteiger partial charge in [0, 0.05) is 11.1 Å². The van der Waals surface area contributed by atoms with Crippen molar-refractivity contribution in [1.82, 2.24) is 0 Å². The molecule has 3 N–H and O–H groups in total. The number of hydrazone groups is 1. The maximum atomic E-state index is 9.53. The van der Waals surface area contributed by atoms with Crippen LogP contribution >= 0.6 is 0 Å². The average molecular weight is 332 g/mol. The highest BCUT2D eigenvalue weighted by Crippen LogP contribution is 2.20. The smallest absolute Gasteiger partial charge is 0.115 e. The highest BCUT2D eigenvalue weighted by atomic mass is 16.3. The Morgan fingerprint density at radius 3 is 1.76 bits per heavy atom. The Morgan fingerprint density at radius 2 is 1.28 bits per heavy atom. The van der Waals surface area contributed by atoms with Crippen LogP contribution in [0.3, 0.4) is 0 Å². The molecule has 25 heavy (non-hydrogen) atoms. The SMILES string of the molecule is Cc1ccc(NN=C(c2ccc(O)cc2)c2ccc(O)cc2)c(C)c1. The van der Waals surface area contributed by atoms with Gasteiger partial charge < -0.3 is 10.2 Å². The van der Waals surface area contributed by atoms with Gasteiger partial charge in [-0.05, 0) is 74.0 Å². The maximum absolute atomic E-state index is 9.53. The summed E-state index contributed by atoms with van der Waals surface area (Å²) in [6.45, 7) is 4.09. The summed E-state index contributed by atoms with van der Waals surface area (Å²) in [6.07, 6.45) is 0. The number of benzene rings is 3. The quantitative estimate of drug-likeness (QED) is 0.484. The van der Waals surface area contributed by atoms with Gasteiger partial charge in [-0.25, -0.2) is 0 Å². The molecule has 0 saturated carbocycles. The van der Waals surface area contributed by atoms with Crippen LogP contribution in [0.4, 0.5) is 5.69 Å². The van der Waals surface area contributed by atoms with E-state index >= 15 is 0 Å². The fraction of sp³-hybridized carbons (Fsp3) is 0.0952. The third-order valence-electron chi connectivity index (χ3n) is 3.95. The molecule has 0 aromatic heterocycles. The van der Waals surface area contributed by atoms with Gasteiger partial charge >= 0.3 is 0 Å². The first-order chi connectivity index (χ1) is 12.0. The van der Waals surface area contributed by atoms with Gasteiger partial charge in [0.2, 0.25) is 0 Å². The molecule has 0 spiro atoms. The minimum atomic E-state index is 0.205. The zero-order chi connectivity index (χ0) is 17.8. The van der Waals surface area contributed by atoms with Gasteiger partial charge in [0.25, 0.3) is 0 Å². The van der Waals surface area contributed by atoms with E-state index in [0.29, 0.717) is 0 Å². The summed E-state index contributed by atoms with van der Waals surface area (Å²) in [5.41, 5.74) is 8.82. The molecule has 3 aromatic carbocycles. The zero-order valence-corrected chi connectivity index (χ0v) is 14.2. The molecule has 3 aromatic rings. The summed E-state index contributed by atoms with van der Waals surface area (Å²) >= 11 is 0. The zero-order valence-electron chi connectivity index (χ0n) is 14.2. The normalized spacial score (nSPS) is 10.3. The van der Waals surface area contributed by atoms with E-state index in [1.165, 1.54) is 5.56 Å². The molecule has 0 amide bonds. The lowest BCUT2D eigenvalue weighted by Gasteiger charge is -2.11. The molecule has 3 rings (SSSR count). The number of aromatic hydroxyl groups is 2. The Balaban J connectivity index is 2.00. The summed E-state index contributed by atoms with van der Waals surface area (Å²) in [4.78, 5) is 0. The van der Waals surface area contributed by atoms with Crippen molar-refractivity contribution in [1.29, 1.82) is 0 Å². The van der Waals surface area contributed by atoms with Crippen molar-refractivity contribution in [2.75, 3.05) is 5.43 Å². The molecule has 0 bridgehead atoms. The third kappa shape index (κ3) is 3.98. The Bertz CT molecular complexity index is 851. The summed E-state index contributed by atoms with van der Waals surface area (Å²) in [5.74, 6) is 0.410. The average Bonchev–Trinajstić information content (AvgIpc) is 2.59. The third-order valence-corrected chi connectivity index (χ3v) is 3.95. The molecule has 0 aliphatic rings. The van der Waals surface area contributed by atoms with E-state index in [1.807, 2.05) is 43.3 Å². The van der Waals surface area contributed by atoms with Crippen molar-refractivity contribution in [3.8, 4) is 11.5 Å². The van der Waals surface area contributed by atoms with Crippen LogP contribution in [0.15, 0.2) is 71.8 Å². The van der Waals surface area contributed by atoms with Crippen LogP contribution in [0.1, 0.15) is 22.3 Å². The highest BCUT2D eigenvalue weighted by Gasteiger charge is 2.08. The molecule has 4 nitrogen and oxygen atoms in total. The number of phenols is 2. The Labute approximate surface area is 147 Å². The fourth-order valence-corrected chi connectivity index (χ4v) is 2.59. The van der Waals surface area contributed by atoms with E-state index in [4.69, 9.17) is 0 Å². The monoisotopic (exact) mass is 332 g/mol. The van der Waals surface area contributed by atoms with Crippen LogP contribution in [-0.4, -0.2) is 15.9 Å². The van der Waals surface area contributed by atoms with Crippen molar-refractivity contribution >= 4 is 11.4 Å². The van der Waals surface area contributed by atoms with E-state index in [2.05, 4.69) is 23.5 Å². The second-order valence-electron chi connectivity index (χ2n) is 5.98. The molecule has 0 aliphatic carbocycles. The van der Waals surface area contributed by atoms with Crippen molar-refractivity contribution in [3.05, 3.63) is 89.0 Å². The van der Waals surface area contributed by atoms with E-state index in [0.717, 1.165) is 28.1 Å². The van der Waals surface area contributed by atoms with E-state index in [1.54, 1.807) is 24.3 Å². The predicted molar refractivity (Wildman–Crippen MR) is 101 cm³/mol. The van der Waals surface area contributed by atoms with Crippen LogP contribution in [0.2, 0.25) is 0 Å².